The van der Waals surface area contributed by atoms with Crippen molar-refractivity contribution in [2.45, 2.75) is 6.92 Å². The molecule has 2 rings (SSSR count). The van der Waals surface area contributed by atoms with Crippen LogP contribution >= 0.6 is 11.5 Å². The lowest BCUT2D eigenvalue weighted by Crippen LogP contribution is -2.26. The Morgan fingerprint density at radius 2 is 2.22 bits per heavy atom. The first-order chi connectivity index (χ1) is 8.52. The van der Waals surface area contributed by atoms with Crippen molar-refractivity contribution in [2.75, 3.05) is 11.9 Å². The summed E-state index contributed by atoms with van der Waals surface area (Å²) in [7, 11) is 1.49. The summed E-state index contributed by atoms with van der Waals surface area (Å²) in [6, 6.07) is 3.12. The zero-order valence-electron chi connectivity index (χ0n) is 9.71. The second-order valence-electron chi connectivity index (χ2n) is 3.59. The van der Waals surface area contributed by atoms with Crippen LogP contribution in [0.5, 0.6) is 0 Å². The van der Waals surface area contributed by atoms with Crippen LogP contribution in [0.3, 0.4) is 0 Å². The van der Waals surface area contributed by atoms with Crippen LogP contribution in [0, 0.1) is 6.92 Å². The van der Waals surface area contributed by atoms with E-state index in [0.29, 0.717) is 10.7 Å². The molecule has 2 aromatic heterocycles. The maximum absolute atomic E-state index is 12.0. The third kappa shape index (κ3) is 2.00. The van der Waals surface area contributed by atoms with Gasteiger partial charge in [0.1, 0.15) is 10.6 Å². The van der Waals surface area contributed by atoms with E-state index in [2.05, 4.69) is 4.37 Å². The Morgan fingerprint density at radius 1 is 1.50 bits per heavy atom. The molecule has 0 fully saturated rings. The Morgan fingerprint density at radius 3 is 2.78 bits per heavy atom. The van der Waals surface area contributed by atoms with Gasteiger partial charge in [0, 0.05) is 7.05 Å². The molecule has 6 nitrogen and oxygen atoms in total. The van der Waals surface area contributed by atoms with Gasteiger partial charge in [0.25, 0.3) is 5.91 Å². The number of hydrogen-bond donors (Lipinski definition) is 1. The molecule has 0 saturated heterocycles. The minimum atomic E-state index is -1.10. The summed E-state index contributed by atoms with van der Waals surface area (Å²) in [6.45, 7) is 1.59. The molecule has 1 N–H and O–H groups in total. The Labute approximate surface area is 107 Å². The predicted molar refractivity (Wildman–Crippen MR) is 65.3 cm³/mol. The van der Waals surface area contributed by atoms with Gasteiger partial charge in [0.15, 0.2) is 5.76 Å². The molecule has 0 aliphatic carbocycles. The minimum absolute atomic E-state index is 0.0439. The molecular weight excluding hydrogens is 256 g/mol. The lowest BCUT2D eigenvalue weighted by atomic mass is 10.2. The molecule has 0 radical (unpaired) electrons. The average Bonchev–Trinajstić information content (AvgIpc) is 2.95. The van der Waals surface area contributed by atoms with E-state index in [-0.39, 0.29) is 11.3 Å². The van der Waals surface area contributed by atoms with Crippen molar-refractivity contribution in [3.05, 3.63) is 35.4 Å². The van der Waals surface area contributed by atoms with Crippen molar-refractivity contribution < 1.29 is 19.1 Å². The van der Waals surface area contributed by atoms with E-state index in [9.17, 15) is 9.59 Å². The first-order valence-electron chi connectivity index (χ1n) is 5.03. The van der Waals surface area contributed by atoms with Crippen molar-refractivity contribution in [3.8, 4) is 0 Å². The molecule has 0 aliphatic rings. The first kappa shape index (κ1) is 12.3. The van der Waals surface area contributed by atoms with Gasteiger partial charge in [-0.05, 0) is 30.6 Å². The number of carbonyl (C=O) groups is 2. The van der Waals surface area contributed by atoms with Gasteiger partial charge in [0.05, 0.1) is 12.0 Å². The number of hydrogen-bond acceptors (Lipinski definition) is 5. The summed E-state index contributed by atoms with van der Waals surface area (Å²) in [5, 5.41) is 9.39. The average molecular weight is 266 g/mol. The van der Waals surface area contributed by atoms with Crippen LogP contribution in [0.25, 0.3) is 0 Å². The fraction of sp³-hybridized carbons (Fsp3) is 0.182. The van der Waals surface area contributed by atoms with Crippen LogP contribution in [0.15, 0.2) is 22.8 Å². The highest BCUT2D eigenvalue weighted by Gasteiger charge is 2.25. The number of aryl methyl sites for hydroxylation is 1. The molecule has 94 valence electrons. The highest BCUT2D eigenvalue weighted by Crippen LogP contribution is 2.28. The quantitative estimate of drug-likeness (QED) is 0.918. The number of carbonyl (C=O) groups excluding carboxylic acids is 1. The zero-order chi connectivity index (χ0) is 13.3. The maximum Gasteiger partial charge on any atom is 0.340 e. The Hall–Kier alpha value is -2.15. The summed E-state index contributed by atoms with van der Waals surface area (Å²) in [5.74, 6) is -1.36. The van der Waals surface area contributed by atoms with E-state index in [4.69, 9.17) is 9.52 Å². The standard InChI is InChI=1S/C11H10N2O4S/c1-6-8(11(15)16)10(18-12-6)13(2)9(14)7-4-3-5-17-7/h3-5H,1-2H3,(H,15,16). The van der Waals surface area contributed by atoms with Crippen LogP contribution in [0.4, 0.5) is 5.00 Å². The van der Waals surface area contributed by atoms with E-state index in [1.807, 2.05) is 0 Å². The van der Waals surface area contributed by atoms with Crippen LogP contribution in [0.1, 0.15) is 26.6 Å². The zero-order valence-corrected chi connectivity index (χ0v) is 10.5. The minimum Gasteiger partial charge on any atom is -0.478 e. The lowest BCUT2D eigenvalue weighted by molar-refractivity contribution is 0.0697. The van der Waals surface area contributed by atoms with E-state index in [0.717, 1.165) is 11.5 Å². The SMILES string of the molecule is Cc1nsc(N(C)C(=O)c2ccco2)c1C(=O)O. The maximum atomic E-state index is 12.0. The Bertz CT molecular complexity index is 588. The number of nitrogens with zero attached hydrogens (tertiary/aromatic N) is 2. The summed E-state index contributed by atoms with van der Waals surface area (Å²) >= 11 is 0.971. The van der Waals surface area contributed by atoms with Crippen molar-refractivity contribution in [1.29, 1.82) is 0 Å². The van der Waals surface area contributed by atoms with Crippen LogP contribution in [-0.2, 0) is 0 Å². The molecule has 1 amide bonds. The third-order valence-electron chi connectivity index (χ3n) is 2.40. The van der Waals surface area contributed by atoms with Gasteiger partial charge in [-0.25, -0.2) is 4.79 Å². The molecule has 0 unspecified atom stereocenters. The second-order valence-corrected chi connectivity index (χ2v) is 4.35. The summed E-state index contributed by atoms with van der Waals surface area (Å²) < 4.78 is 8.95. The van der Waals surface area contributed by atoms with E-state index in [1.54, 1.807) is 13.0 Å². The number of furan rings is 1. The van der Waals surface area contributed by atoms with Gasteiger partial charge in [-0.1, -0.05) is 0 Å². The number of amides is 1. The molecule has 0 bridgehead atoms. The molecule has 0 spiro atoms. The summed E-state index contributed by atoms with van der Waals surface area (Å²) in [5.41, 5.74) is 0.434. The highest BCUT2D eigenvalue weighted by atomic mass is 32.1. The largest absolute Gasteiger partial charge is 0.478 e. The van der Waals surface area contributed by atoms with Crippen LogP contribution < -0.4 is 4.90 Å². The fourth-order valence-electron chi connectivity index (χ4n) is 1.49. The van der Waals surface area contributed by atoms with E-state index < -0.39 is 11.9 Å². The molecule has 2 aromatic rings. The van der Waals surface area contributed by atoms with E-state index >= 15 is 0 Å². The van der Waals surface area contributed by atoms with Crippen LogP contribution in [0.2, 0.25) is 0 Å². The van der Waals surface area contributed by atoms with Crippen molar-refractivity contribution >= 4 is 28.4 Å². The van der Waals surface area contributed by atoms with Crippen molar-refractivity contribution in [3.63, 3.8) is 0 Å². The number of aromatic carboxylic acids is 1. The normalized spacial score (nSPS) is 10.3. The predicted octanol–water partition coefficient (Wildman–Crippen LogP) is 2.02. The number of carboxylic acid groups (broad SMARTS) is 1. The van der Waals surface area contributed by atoms with Gasteiger partial charge in [0.2, 0.25) is 0 Å². The molecule has 0 saturated carbocycles. The van der Waals surface area contributed by atoms with Gasteiger partial charge in [-0.2, -0.15) is 4.37 Å². The molecule has 0 atom stereocenters. The number of carboxylic acids is 1. The van der Waals surface area contributed by atoms with Crippen LogP contribution in [-0.4, -0.2) is 28.4 Å². The smallest absolute Gasteiger partial charge is 0.340 e. The number of rotatable bonds is 3. The molecule has 7 heteroatoms. The number of aromatic nitrogens is 1. The van der Waals surface area contributed by atoms with E-state index in [1.165, 1.54) is 24.3 Å². The van der Waals surface area contributed by atoms with Crippen molar-refractivity contribution in [2.24, 2.45) is 0 Å². The fourth-order valence-corrected chi connectivity index (χ4v) is 2.34. The number of anilines is 1. The molecule has 18 heavy (non-hydrogen) atoms. The third-order valence-corrected chi connectivity index (χ3v) is 3.42. The van der Waals surface area contributed by atoms with Crippen molar-refractivity contribution in [1.82, 2.24) is 4.37 Å². The van der Waals surface area contributed by atoms with Gasteiger partial charge >= 0.3 is 5.97 Å². The van der Waals surface area contributed by atoms with Gasteiger partial charge in [-0.15, -0.1) is 0 Å². The van der Waals surface area contributed by atoms with Gasteiger partial charge < -0.3 is 9.52 Å². The monoisotopic (exact) mass is 266 g/mol. The highest BCUT2D eigenvalue weighted by molar-refractivity contribution is 7.11. The summed E-state index contributed by atoms with van der Waals surface area (Å²) in [6.07, 6.45) is 1.39. The second kappa shape index (κ2) is 4.61. The molecular formula is C11H10N2O4S. The molecule has 2 heterocycles. The summed E-state index contributed by atoms with van der Waals surface area (Å²) in [4.78, 5) is 24.4. The Kier molecular flexibility index (Phi) is 3.15. The lowest BCUT2D eigenvalue weighted by Gasteiger charge is -2.13. The first-order valence-corrected chi connectivity index (χ1v) is 5.81. The molecule has 0 aromatic carbocycles. The Balaban J connectivity index is 2.38. The van der Waals surface area contributed by atoms with Gasteiger partial charge in [-0.3, -0.25) is 9.69 Å². The topological polar surface area (TPSA) is 83.6 Å². The molecule has 0 aliphatic heterocycles.